The van der Waals surface area contributed by atoms with E-state index in [1.807, 2.05) is 18.2 Å². The zero-order chi connectivity index (χ0) is 24.5. The molecule has 5 nitrogen and oxygen atoms in total. The zero-order valence-corrected chi connectivity index (χ0v) is 20.6. The molecule has 3 aromatic heterocycles. The van der Waals surface area contributed by atoms with Crippen LogP contribution in [-0.4, -0.2) is 27.3 Å². The molecule has 0 saturated carbocycles. The number of nitrogens with one attached hydrogen (secondary N) is 1. The standard InChI is InChI=1S/C26H21ClF2N5P/c1-15-23(27)26(32-14-18-10-16(12-30)4-6-19(18)28)25-21(33-15)11-20(29)24(34-25)17-5-7-22(31-13-17)35-8-2-3-9-35/h4-7,10-11,13H,2-3,8-9,14H2,1H3,(H,32,33). The van der Waals surface area contributed by atoms with Crippen molar-refractivity contribution in [1.29, 1.82) is 5.26 Å². The van der Waals surface area contributed by atoms with E-state index < -0.39 is 11.6 Å². The highest BCUT2D eigenvalue weighted by Gasteiger charge is 2.20. The highest BCUT2D eigenvalue weighted by Crippen LogP contribution is 2.41. The van der Waals surface area contributed by atoms with Crippen molar-refractivity contribution >= 4 is 41.7 Å². The molecule has 4 heterocycles. The second kappa shape index (κ2) is 9.81. The molecular formula is C26H21ClF2N5P. The Labute approximate surface area is 208 Å². The van der Waals surface area contributed by atoms with Crippen molar-refractivity contribution in [3.63, 3.8) is 0 Å². The van der Waals surface area contributed by atoms with Crippen molar-refractivity contribution in [1.82, 2.24) is 15.0 Å². The maximum Gasteiger partial charge on any atom is 0.151 e. The molecule has 1 aromatic carbocycles. The Balaban J connectivity index is 1.53. The number of rotatable bonds is 5. The molecule has 0 spiro atoms. The fraction of sp³-hybridized carbons (Fsp3) is 0.231. The number of pyridine rings is 3. The molecule has 0 atom stereocenters. The van der Waals surface area contributed by atoms with Gasteiger partial charge >= 0.3 is 0 Å². The quantitative estimate of drug-likeness (QED) is 0.320. The number of hydrogen-bond acceptors (Lipinski definition) is 5. The Hall–Kier alpha value is -3.20. The van der Waals surface area contributed by atoms with Crippen molar-refractivity contribution in [3.05, 3.63) is 76.1 Å². The molecule has 1 saturated heterocycles. The first-order valence-electron chi connectivity index (χ1n) is 11.2. The van der Waals surface area contributed by atoms with Crippen LogP contribution in [0.2, 0.25) is 5.02 Å². The molecule has 9 heteroatoms. The van der Waals surface area contributed by atoms with Gasteiger partial charge < -0.3 is 5.32 Å². The van der Waals surface area contributed by atoms with Crippen LogP contribution in [-0.2, 0) is 6.54 Å². The number of halogens is 3. The van der Waals surface area contributed by atoms with E-state index in [-0.39, 0.29) is 20.2 Å². The maximum atomic E-state index is 15.1. The van der Waals surface area contributed by atoms with Gasteiger partial charge in [-0.3, -0.25) is 4.98 Å². The van der Waals surface area contributed by atoms with Crippen LogP contribution >= 0.6 is 19.5 Å². The molecule has 0 radical (unpaired) electrons. The number of aryl methyl sites for hydroxylation is 1. The van der Waals surface area contributed by atoms with Gasteiger partial charge in [0.15, 0.2) is 5.82 Å². The molecule has 0 amide bonds. The number of anilines is 1. The first-order valence-corrected chi connectivity index (χ1v) is 13.3. The lowest BCUT2D eigenvalue weighted by Gasteiger charge is -2.15. The minimum atomic E-state index is -0.508. The summed E-state index contributed by atoms with van der Waals surface area (Å²) >= 11 is 6.55. The van der Waals surface area contributed by atoms with Crippen LogP contribution in [0.3, 0.4) is 0 Å². The third kappa shape index (κ3) is 4.69. The molecule has 0 bridgehead atoms. The fourth-order valence-electron chi connectivity index (χ4n) is 4.25. The van der Waals surface area contributed by atoms with Crippen molar-refractivity contribution < 1.29 is 8.78 Å². The fourth-order valence-corrected chi connectivity index (χ4v) is 6.85. The maximum absolute atomic E-state index is 15.1. The monoisotopic (exact) mass is 507 g/mol. The summed E-state index contributed by atoms with van der Waals surface area (Å²) in [5.74, 6) is -0.955. The number of aromatic nitrogens is 3. The van der Waals surface area contributed by atoms with Gasteiger partial charge in [0.2, 0.25) is 0 Å². The van der Waals surface area contributed by atoms with Crippen LogP contribution in [0.1, 0.15) is 29.7 Å². The lowest BCUT2D eigenvalue weighted by molar-refractivity contribution is 0.613. The van der Waals surface area contributed by atoms with Gasteiger partial charge in [0.05, 0.1) is 39.0 Å². The highest BCUT2D eigenvalue weighted by molar-refractivity contribution is 7.65. The van der Waals surface area contributed by atoms with E-state index in [0.29, 0.717) is 44.1 Å². The topological polar surface area (TPSA) is 74.5 Å². The predicted octanol–water partition coefficient (Wildman–Crippen LogP) is 6.32. The summed E-state index contributed by atoms with van der Waals surface area (Å²) < 4.78 is 29.4. The van der Waals surface area contributed by atoms with Crippen molar-refractivity contribution in [3.8, 4) is 17.3 Å². The Bertz CT molecular complexity index is 1460. The number of hydrogen-bond donors (Lipinski definition) is 1. The van der Waals surface area contributed by atoms with E-state index in [2.05, 4.69) is 20.3 Å². The Morgan fingerprint density at radius 3 is 2.60 bits per heavy atom. The molecule has 5 rings (SSSR count). The zero-order valence-electron chi connectivity index (χ0n) is 18.9. The van der Waals surface area contributed by atoms with E-state index in [4.69, 9.17) is 16.9 Å². The van der Waals surface area contributed by atoms with Crippen molar-refractivity contribution in [2.75, 3.05) is 17.6 Å². The molecular weight excluding hydrogens is 487 g/mol. The third-order valence-electron chi connectivity index (χ3n) is 6.10. The van der Waals surface area contributed by atoms with E-state index in [1.165, 1.54) is 49.4 Å². The van der Waals surface area contributed by atoms with Crippen LogP contribution in [0.5, 0.6) is 0 Å². The Morgan fingerprint density at radius 2 is 1.89 bits per heavy atom. The summed E-state index contributed by atoms with van der Waals surface area (Å²) in [5.41, 5.74) is 4.09. The van der Waals surface area contributed by atoms with Gasteiger partial charge in [-0.15, -0.1) is 0 Å². The number of nitriles is 1. The van der Waals surface area contributed by atoms with Gasteiger partial charge in [-0.2, -0.15) is 5.26 Å². The summed E-state index contributed by atoms with van der Waals surface area (Å²) in [6, 6.07) is 11.3. The first kappa shape index (κ1) is 23.5. The minimum absolute atomic E-state index is 0.0633. The lowest BCUT2D eigenvalue weighted by Crippen LogP contribution is -2.08. The van der Waals surface area contributed by atoms with Gasteiger partial charge in [0, 0.05) is 29.9 Å². The molecule has 0 unspecified atom stereocenters. The SMILES string of the molecule is Cc1nc2cc(F)c(-c3ccc(P4CCCC4)nc3)nc2c(NCc2cc(C#N)ccc2F)c1Cl. The summed E-state index contributed by atoms with van der Waals surface area (Å²) in [4.78, 5) is 13.6. The van der Waals surface area contributed by atoms with E-state index in [0.717, 1.165) is 5.44 Å². The van der Waals surface area contributed by atoms with Crippen LogP contribution in [0.25, 0.3) is 22.3 Å². The summed E-state index contributed by atoms with van der Waals surface area (Å²) in [6.45, 7) is 1.77. The second-order valence-corrected chi connectivity index (χ2v) is 11.3. The molecule has 1 N–H and O–H groups in total. The first-order chi connectivity index (χ1) is 16.9. The van der Waals surface area contributed by atoms with Gasteiger partial charge in [-0.1, -0.05) is 19.5 Å². The molecule has 0 aliphatic carbocycles. The molecule has 1 aliphatic heterocycles. The molecule has 1 aliphatic rings. The third-order valence-corrected chi connectivity index (χ3v) is 9.19. The van der Waals surface area contributed by atoms with Gasteiger partial charge in [0.1, 0.15) is 17.0 Å². The summed E-state index contributed by atoms with van der Waals surface area (Å²) in [5, 5.41) is 12.6. The van der Waals surface area contributed by atoms with Crippen molar-refractivity contribution in [2.45, 2.75) is 26.3 Å². The van der Waals surface area contributed by atoms with Crippen LogP contribution in [0.15, 0.2) is 42.6 Å². The Kier molecular flexibility index (Phi) is 6.60. The largest absolute Gasteiger partial charge is 0.378 e. The number of benzene rings is 1. The molecule has 176 valence electrons. The second-order valence-electron chi connectivity index (χ2n) is 8.44. The minimum Gasteiger partial charge on any atom is -0.378 e. The van der Waals surface area contributed by atoms with Gasteiger partial charge in [0.25, 0.3) is 0 Å². The average Bonchev–Trinajstić information content (AvgIpc) is 3.40. The normalized spacial score (nSPS) is 13.8. The summed E-state index contributed by atoms with van der Waals surface area (Å²) in [6.07, 6.45) is 6.54. The predicted molar refractivity (Wildman–Crippen MR) is 136 cm³/mol. The highest BCUT2D eigenvalue weighted by atomic mass is 35.5. The average molecular weight is 508 g/mol. The van der Waals surface area contributed by atoms with Crippen LogP contribution in [0, 0.1) is 29.9 Å². The van der Waals surface area contributed by atoms with E-state index in [9.17, 15) is 4.39 Å². The van der Waals surface area contributed by atoms with E-state index in [1.54, 1.807) is 13.1 Å². The number of fused-ring (bicyclic) bond motifs is 1. The molecule has 4 aromatic rings. The molecule has 35 heavy (non-hydrogen) atoms. The smallest absolute Gasteiger partial charge is 0.151 e. The van der Waals surface area contributed by atoms with Crippen LogP contribution < -0.4 is 10.8 Å². The number of nitrogens with zero attached hydrogens (tertiary/aromatic N) is 4. The molecule has 1 fully saturated rings. The Morgan fingerprint density at radius 1 is 1.09 bits per heavy atom. The van der Waals surface area contributed by atoms with Crippen molar-refractivity contribution in [2.24, 2.45) is 0 Å². The lowest BCUT2D eigenvalue weighted by atomic mass is 10.1. The van der Waals surface area contributed by atoms with Gasteiger partial charge in [-0.25, -0.2) is 18.7 Å². The van der Waals surface area contributed by atoms with Gasteiger partial charge in [-0.05, 0) is 62.4 Å². The summed E-state index contributed by atoms with van der Waals surface area (Å²) in [7, 11) is -0.218. The van der Waals surface area contributed by atoms with Crippen LogP contribution in [0.4, 0.5) is 14.5 Å². The van der Waals surface area contributed by atoms with E-state index >= 15 is 4.39 Å².